The van der Waals surface area contributed by atoms with Crippen molar-refractivity contribution in [1.82, 2.24) is 14.7 Å². The molecule has 1 atom stereocenters. The van der Waals surface area contributed by atoms with E-state index in [1.54, 1.807) is 12.1 Å². The van der Waals surface area contributed by atoms with Gasteiger partial charge in [0.2, 0.25) is 5.85 Å². The molecule has 4 aliphatic rings. The predicted octanol–water partition coefficient (Wildman–Crippen LogP) is 6.76. The van der Waals surface area contributed by atoms with Gasteiger partial charge in [-0.2, -0.15) is 0 Å². The van der Waals surface area contributed by atoms with Gasteiger partial charge in [0.05, 0.1) is 28.3 Å². The molecule has 1 amide bonds. The highest BCUT2D eigenvalue weighted by molar-refractivity contribution is 7.17. The van der Waals surface area contributed by atoms with Crippen LogP contribution >= 0.6 is 34.5 Å². The Bertz CT molecular complexity index is 1680. The first-order valence-electron chi connectivity index (χ1n) is 17.2. The molecule has 48 heavy (non-hydrogen) atoms. The van der Waals surface area contributed by atoms with E-state index in [4.69, 9.17) is 27.9 Å². The van der Waals surface area contributed by atoms with Crippen LogP contribution in [0.2, 0.25) is 10.0 Å². The van der Waals surface area contributed by atoms with Gasteiger partial charge in [-0.3, -0.25) is 29.1 Å². The van der Waals surface area contributed by atoms with Crippen LogP contribution in [0.25, 0.3) is 10.1 Å². The van der Waals surface area contributed by atoms with Gasteiger partial charge in [-0.25, -0.2) is 0 Å². The number of Topliss-reactive ketones (excluding diaryl/α,β-unsaturated/α-hetero) is 1. The summed E-state index contributed by atoms with van der Waals surface area (Å²) in [7, 11) is 0. The minimum absolute atomic E-state index is 0.00571. The molecule has 256 valence electrons. The summed E-state index contributed by atoms with van der Waals surface area (Å²) >= 11 is 15.1. The minimum Gasteiger partial charge on any atom is -0.481 e. The van der Waals surface area contributed by atoms with Crippen LogP contribution in [0, 0.1) is 5.92 Å². The number of halogens is 2. The molecular weight excluding hydrogens is 671 g/mol. The largest absolute Gasteiger partial charge is 0.481 e. The van der Waals surface area contributed by atoms with Crippen molar-refractivity contribution in [2.45, 2.75) is 75.8 Å². The van der Waals surface area contributed by atoms with E-state index in [1.165, 1.54) is 24.2 Å². The molecule has 7 rings (SSSR count). The van der Waals surface area contributed by atoms with Gasteiger partial charge in [0.1, 0.15) is 0 Å². The molecule has 12 heteroatoms. The summed E-state index contributed by atoms with van der Waals surface area (Å²) in [6, 6.07) is 11.7. The fraction of sp³-hybridized carbons (Fsp3) is 0.528. The number of amides is 1. The topological polar surface area (TPSA) is 102 Å². The molecule has 3 heterocycles. The van der Waals surface area contributed by atoms with Crippen LogP contribution in [0.4, 0.5) is 5.69 Å². The summed E-state index contributed by atoms with van der Waals surface area (Å²) in [5.74, 6) is -2.79. The van der Waals surface area contributed by atoms with Gasteiger partial charge in [0.15, 0.2) is 5.78 Å². The number of piperazine rings is 1. The number of carboxylic acid groups (broad SMARTS) is 1. The van der Waals surface area contributed by atoms with Crippen molar-refractivity contribution < 1.29 is 24.2 Å². The summed E-state index contributed by atoms with van der Waals surface area (Å²) in [5.41, 5.74) is 1.52. The number of carboxylic acids is 1. The average Bonchev–Trinajstić information content (AvgIpc) is 3.61. The second-order valence-electron chi connectivity index (χ2n) is 13.6. The number of fused-ring (bicyclic) bond motifs is 1. The van der Waals surface area contributed by atoms with Gasteiger partial charge >= 0.3 is 5.97 Å². The average molecular weight is 714 g/mol. The Hall–Kier alpha value is -2.57. The van der Waals surface area contributed by atoms with Crippen LogP contribution < -0.4 is 5.32 Å². The summed E-state index contributed by atoms with van der Waals surface area (Å²) in [4.78, 5) is 46.8. The van der Waals surface area contributed by atoms with E-state index < -0.39 is 11.8 Å². The van der Waals surface area contributed by atoms with E-state index in [1.807, 2.05) is 29.6 Å². The van der Waals surface area contributed by atoms with Crippen LogP contribution in [0.1, 0.15) is 67.3 Å². The first kappa shape index (κ1) is 33.9. The summed E-state index contributed by atoms with van der Waals surface area (Å²) < 4.78 is 8.08. The molecule has 0 radical (unpaired) electrons. The molecule has 0 bridgehead atoms. The second kappa shape index (κ2) is 14.3. The number of ether oxygens (including phenoxy) is 1. The molecule has 2 aliphatic carbocycles. The van der Waals surface area contributed by atoms with Crippen molar-refractivity contribution in [1.29, 1.82) is 0 Å². The number of ketones is 1. The van der Waals surface area contributed by atoms with Crippen LogP contribution in [0.15, 0.2) is 41.8 Å². The van der Waals surface area contributed by atoms with Gasteiger partial charge in [-0.15, -0.1) is 11.3 Å². The van der Waals surface area contributed by atoms with Crippen molar-refractivity contribution in [2.75, 3.05) is 44.6 Å². The van der Waals surface area contributed by atoms with E-state index in [0.717, 1.165) is 49.1 Å². The highest BCUT2D eigenvalue weighted by Gasteiger charge is 2.53. The number of likely N-dealkylation sites (tertiary alicyclic amines) is 1. The zero-order valence-electron chi connectivity index (χ0n) is 27.0. The monoisotopic (exact) mass is 712 g/mol. The second-order valence-corrected chi connectivity index (χ2v) is 15.3. The number of anilines is 1. The molecule has 2 aromatic carbocycles. The third-order valence-corrected chi connectivity index (χ3v) is 12.1. The molecule has 9 nitrogen and oxygen atoms in total. The molecule has 4 fully saturated rings. The smallest absolute Gasteiger partial charge is 0.306 e. The van der Waals surface area contributed by atoms with Gasteiger partial charge in [0, 0.05) is 72.2 Å². The predicted molar refractivity (Wildman–Crippen MR) is 189 cm³/mol. The first-order valence-corrected chi connectivity index (χ1v) is 18.8. The molecule has 0 spiro atoms. The Morgan fingerprint density at radius 1 is 0.896 bits per heavy atom. The Labute approximate surface area is 295 Å². The van der Waals surface area contributed by atoms with Gasteiger partial charge in [0.25, 0.3) is 5.91 Å². The lowest BCUT2D eigenvalue weighted by Crippen LogP contribution is -2.71. The zero-order valence-corrected chi connectivity index (χ0v) is 29.3. The van der Waals surface area contributed by atoms with Crippen molar-refractivity contribution >= 4 is 68.0 Å². The molecule has 2 saturated carbocycles. The van der Waals surface area contributed by atoms with E-state index in [0.29, 0.717) is 71.7 Å². The van der Waals surface area contributed by atoms with Crippen molar-refractivity contribution in [3.8, 4) is 0 Å². The first-order chi connectivity index (χ1) is 23.2. The van der Waals surface area contributed by atoms with E-state index in [-0.39, 0.29) is 30.1 Å². The molecule has 2 aliphatic heterocycles. The highest BCUT2D eigenvalue weighted by atomic mass is 35.5. The lowest BCUT2D eigenvalue weighted by molar-refractivity contribution is -0.260. The van der Waals surface area contributed by atoms with Crippen molar-refractivity contribution in [3.05, 3.63) is 63.0 Å². The minimum atomic E-state index is -1.28. The number of nitrogens with zero attached hydrogens (tertiary/aromatic N) is 3. The molecular formula is C36H42Cl2N4O5S. The van der Waals surface area contributed by atoms with E-state index in [9.17, 15) is 19.5 Å². The Morgan fingerprint density at radius 2 is 1.58 bits per heavy atom. The lowest BCUT2D eigenvalue weighted by atomic mass is 9.87. The number of hydrogen-bond acceptors (Lipinski definition) is 8. The molecule has 3 aromatic rings. The van der Waals surface area contributed by atoms with Crippen LogP contribution in [-0.4, -0.2) is 94.7 Å². The van der Waals surface area contributed by atoms with Gasteiger partial charge < -0.3 is 15.2 Å². The highest BCUT2D eigenvalue weighted by Crippen LogP contribution is 2.39. The molecule has 1 unspecified atom stereocenters. The third-order valence-electron chi connectivity index (χ3n) is 10.5. The number of benzene rings is 2. The molecule has 2 N–H and O–H groups in total. The maximum absolute atomic E-state index is 14.9. The third kappa shape index (κ3) is 6.90. The zero-order chi connectivity index (χ0) is 33.4. The number of aliphatic carboxylic acids is 1. The number of rotatable bonds is 11. The fourth-order valence-electron chi connectivity index (χ4n) is 7.73. The summed E-state index contributed by atoms with van der Waals surface area (Å²) in [6.45, 7) is 4.66. The van der Waals surface area contributed by atoms with E-state index in [2.05, 4.69) is 20.0 Å². The fourth-order valence-corrected chi connectivity index (χ4v) is 9.13. The number of nitrogens with one attached hydrogen (secondary N) is 1. The summed E-state index contributed by atoms with van der Waals surface area (Å²) in [6.07, 6.45) is 6.48. The maximum Gasteiger partial charge on any atom is 0.306 e. The maximum atomic E-state index is 14.9. The normalized spacial score (nSPS) is 24.0. The number of thiophene rings is 1. The number of carbonyl (C=O) groups excluding carboxylic acids is 2. The van der Waals surface area contributed by atoms with Crippen LogP contribution in [0.5, 0.6) is 0 Å². The Morgan fingerprint density at radius 3 is 2.27 bits per heavy atom. The van der Waals surface area contributed by atoms with Crippen LogP contribution in [0.3, 0.4) is 0 Å². The SMILES string of the molecule is O=C(Nc1cc(Cl)c(CC(=O)C(OC2CCC(C(=O)O)CC2)(N2CCCC2)N2CCN(C3CC3)CC2)cc1Cl)c1csc2ccccc12. The van der Waals surface area contributed by atoms with Gasteiger partial charge in [-0.05, 0) is 75.1 Å². The standard InChI is InChI=1S/C36H42Cl2N4O5S/c37-29-21-31(39-34(44)28-22-48-32-6-2-1-5-27(28)32)30(38)19-24(29)20-33(43)36(41-13-3-4-14-41,42-17-15-40(16-18-42)25-9-10-25)47-26-11-7-23(8-12-26)35(45)46/h1-2,5-6,19,21-23,25-26H,3-4,7-18,20H2,(H,39,44)(H,45,46). The molecule has 2 saturated heterocycles. The number of hydrogen-bond donors (Lipinski definition) is 2. The van der Waals surface area contributed by atoms with Gasteiger partial charge in [-0.1, -0.05) is 41.4 Å². The van der Waals surface area contributed by atoms with Crippen LogP contribution in [-0.2, 0) is 20.7 Å². The Balaban J connectivity index is 1.15. The summed E-state index contributed by atoms with van der Waals surface area (Å²) in [5, 5.41) is 15.9. The quantitative estimate of drug-likeness (QED) is 0.225. The lowest BCUT2D eigenvalue weighted by Gasteiger charge is -2.52. The molecule has 1 aromatic heterocycles. The van der Waals surface area contributed by atoms with E-state index >= 15 is 0 Å². The number of carbonyl (C=O) groups is 3. The van der Waals surface area contributed by atoms with Crippen molar-refractivity contribution in [2.24, 2.45) is 5.92 Å². The Kier molecular flexibility index (Phi) is 10.1. The van der Waals surface area contributed by atoms with Crippen molar-refractivity contribution in [3.63, 3.8) is 0 Å².